The summed E-state index contributed by atoms with van der Waals surface area (Å²) in [5.74, 6) is 0.903. The number of benzene rings is 1. The predicted molar refractivity (Wildman–Crippen MR) is 97.5 cm³/mol. The van der Waals surface area contributed by atoms with Gasteiger partial charge in [-0.2, -0.15) is 5.10 Å². The molecule has 1 amide bonds. The first-order chi connectivity index (χ1) is 11.9. The molecule has 0 spiro atoms. The molecule has 0 aliphatic rings. The second-order valence-electron chi connectivity index (χ2n) is 6.34. The second-order valence-corrected chi connectivity index (χ2v) is 6.34. The van der Waals surface area contributed by atoms with E-state index >= 15 is 0 Å². The van der Waals surface area contributed by atoms with Crippen LogP contribution in [-0.2, 0) is 11.3 Å². The van der Waals surface area contributed by atoms with Crippen LogP contribution < -0.4 is 5.32 Å². The van der Waals surface area contributed by atoms with Crippen LogP contribution in [0.5, 0.6) is 0 Å². The van der Waals surface area contributed by atoms with Gasteiger partial charge in [0.25, 0.3) is 0 Å². The lowest BCUT2D eigenvalue weighted by Crippen LogP contribution is -2.25. The molecule has 3 rings (SSSR count). The van der Waals surface area contributed by atoms with Crippen molar-refractivity contribution >= 4 is 11.6 Å². The van der Waals surface area contributed by atoms with Gasteiger partial charge in [0.1, 0.15) is 11.9 Å². The van der Waals surface area contributed by atoms with Crippen LogP contribution >= 0.6 is 0 Å². The molecule has 1 atom stereocenters. The van der Waals surface area contributed by atoms with Crippen LogP contribution in [0.15, 0.2) is 42.7 Å². The molecule has 0 aliphatic carbocycles. The summed E-state index contributed by atoms with van der Waals surface area (Å²) < 4.78 is 3.83. The van der Waals surface area contributed by atoms with Gasteiger partial charge in [-0.25, -0.2) is 4.98 Å². The van der Waals surface area contributed by atoms with Crippen molar-refractivity contribution in [1.29, 1.82) is 0 Å². The van der Waals surface area contributed by atoms with Gasteiger partial charge in [-0.3, -0.25) is 9.48 Å². The van der Waals surface area contributed by atoms with E-state index in [1.165, 1.54) is 0 Å². The van der Waals surface area contributed by atoms with Crippen molar-refractivity contribution in [3.8, 4) is 0 Å². The summed E-state index contributed by atoms with van der Waals surface area (Å²) in [6.07, 6.45) is 3.76. The molecule has 0 fully saturated rings. The van der Waals surface area contributed by atoms with E-state index in [1.807, 2.05) is 64.2 Å². The van der Waals surface area contributed by atoms with E-state index in [0.717, 1.165) is 35.0 Å². The number of aryl methyl sites for hydroxylation is 3. The normalized spacial score (nSPS) is 12.2. The van der Waals surface area contributed by atoms with E-state index in [1.54, 1.807) is 10.9 Å². The van der Waals surface area contributed by atoms with Crippen LogP contribution in [0.2, 0.25) is 0 Å². The van der Waals surface area contributed by atoms with Crippen molar-refractivity contribution in [3.63, 3.8) is 0 Å². The lowest BCUT2D eigenvalue weighted by atomic mass is 10.2. The van der Waals surface area contributed by atoms with E-state index in [2.05, 4.69) is 20.0 Å². The maximum atomic E-state index is 12.5. The van der Waals surface area contributed by atoms with Gasteiger partial charge in [0.05, 0.1) is 5.69 Å². The number of imidazole rings is 1. The highest BCUT2D eigenvalue weighted by Crippen LogP contribution is 2.16. The van der Waals surface area contributed by atoms with E-state index < -0.39 is 0 Å². The number of hydrogen-bond acceptors (Lipinski definition) is 3. The number of hydrogen-bond donors (Lipinski definition) is 1. The van der Waals surface area contributed by atoms with Gasteiger partial charge in [0.15, 0.2) is 0 Å². The molecule has 0 unspecified atom stereocenters. The Hall–Kier alpha value is -2.89. The number of carbonyl (C=O) groups excluding carboxylic acids is 1. The molecular weight excluding hydrogens is 314 g/mol. The zero-order valence-electron chi connectivity index (χ0n) is 15.0. The lowest BCUT2D eigenvalue weighted by molar-refractivity contribution is -0.119. The maximum absolute atomic E-state index is 12.5. The van der Waals surface area contributed by atoms with Crippen molar-refractivity contribution in [2.45, 2.75) is 40.3 Å². The van der Waals surface area contributed by atoms with Crippen LogP contribution in [0, 0.1) is 20.8 Å². The number of rotatable bonds is 5. The number of nitrogens with one attached hydrogen (secondary N) is 1. The first-order valence-corrected chi connectivity index (χ1v) is 8.34. The molecule has 1 N–H and O–H groups in total. The Morgan fingerprint density at radius 1 is 1.20 bits per heavy atom. The average Bonchev–Trinajstić information content (AvgIpc) is 3.13. The molecule has 2 aromatic heterocycles. The van der Waals surface area contributed by atoms with Crippen LogP contribution in [-0.4, -0.2) is 25.2 Å². The van der Waals surface area contributed by atoms with Crippen molar-refractivity contribution in [1.82, 2.24) is 19.3 Å². The SMILES string of the molecule is Cc1cc(C)n([C@@H](C)C(=O)Nc2ccc(Cn3ccnc3C)cc2)n1. The van der Waals surface area contributed by atoms with Gasteiger partial charge in [0, 0.05) is 30.3 Å². The largest absolute Gasteiger partial charge is 0.331 e. The maximum Gasteiger partial charge on any atom is 0.248 e. The Balaban J connectivity index is 1.65. The molecule has 0 saturated heterocycles. The number of aromatic nitrogens is 4. The lowest BCUT2D eigenvalue weighted by Gasteiger charge is -2.15. The summed E-state index contributed by atoms with van der Waals surface area (Å²) in [5, 5.41) is 7.34. The fraction of sp³-hybridized carbons (Fsp3) is 0.316. The zero-order chi connectivity index (χ0) is 18.0. The summed E-state index contributed by atoms with van der Waals surface area (Å²) in [7, 11) is 0. The third-order valence-corrected chi connectivity index (χ3v) is 4.29. The van der Waals surface area contributed by atoms with Gasteiger partial charge in [-0.15, -0.1) is 0 Å². The fourth-order valence-corrected chi connectivity index (χ4v) is 2.86. The Morgan fingerprint density at radius 3 is 2.48 bits per heavy atom. The van der Waals surface area contributed by atoms with Crippen molar-refractivity contribution in [2.24, 2.45) is 0 Å². The molecular formula is C19H23N5O. The molecule has 2 heterocycles. The Morgan fingerprint density at radius 2 is 1.92 bits per heavy atom. The van der Waals surface area contributed by atoms with E-state index in [0.29, 0.717) is 0 Å². The number of carbonyl (C=O) groups is 1. The monoisotopic (exact) mass is 337 g/mol. The van der Waals surface area contributed by atoms with Gasteiger partial charge in [-0.05, 0) is 51.5 Å². The molecule has 0 saturated carbocycles. The van der Waals surface area contributed by atoms with Gasteiger partial charge >= 0.3 is 0 Å². The molecule has 0 radical (unpaired) electrons. The summed E-state index contributed by atoms with van der Waals surface area (Å²) in [6, 6.07) is 9.49. The molecule has 130 valence electrons. The standard InChI is InChI=1S/C19H23N5O/c1-13-11-14(2)24(22-13)15(3)19(25)21-18-7-5-17(6-8-18)12-23-10-9-20-16(23)4/h5-11,15H,12H2,1-4H3,(H,21,25)/t15-/m0/s1. The van der Waals surface area contributed by atoms with Gasteiger partial charge in [0.2, 0.25) is 5.91 Å². The molecule has 6 heteroatoms. The highest BCUT2D eigenvalue weighted by molar-refractivity contribution is 5.93. The molecule has 0 bridgehead atoms. The first-order valence-electron chi connectivity index (χ1n) is 8.34. The molecule has 0 aliphatic heterocycles. The smallest absolute Gasteiger partial charge is 0.248 e. The zero-order valence-corrected chi connectivity index (χ0v) is 15.0. The minimum Gasteiger partial charge on any atom is -0.331 e. The Bertz CT molecular complexity index is 876. The molecule has 1 aromatic carbocycles. The van der Waals surface area contributed by atoms with E-state index in [4.69, 9.17) is 0 Å². The first kappa shape index (κ1) is 17.0. The van der Waals surface area contributed by atoms with E-state index in [9.17, 15) is 4.79 Å². The highest BCUT2D eigenvalue weighted by atomic mass is 16.2. The van der Waals surface area contributed by atoms with Crippen molar-refractivity contribution in [3.05, 3.63) is 65.5 Å². The number of anilines is 1. The van der Waals surface area contributed by atoms with Crippen LogP contribution in [0.1, 0.15) is 35.7 Å². The van der Waals surface area contributed by atoms with Crippen LogP contribution in [0.3, 0.4) is 0 Å². The number of amides is 1. The quantitative estimate of drug-likeness (QED) is 0.777. The minimum absolute atomic E-state index is 0.0793. The fourth-order valence-electron chi connectivity index (χ4n) is 2.86. The summed E-state index contributed by atoms with van der Waals surface area (Å²) >= 11 is 0. The third-order valence-electron chi connectivity index (χ3n) is 4.29. The van der Waals surface area contributed by atoms with Gasteiger partial charge < -0.3 is 9.88 Å². The molecule has 25 heavy (non-hydrogen) atoms. The summed E-state index contributed by atoms with van der Waals surface area (Å²) in [5.41, 5.74) is 3.83. The number of nitrogens with zero attached hydrogens (tertiary/aromatic N) is 4. The van der Waals surface area contributed by atoms with Crippen LogP contribution in [0.25, 0.3) is 0 Å². The topological polar surface area (TPSA) is 64.7 Å². The summed E-state index contributed by atoms with van der Waals surface area (Å²) in [4.78, 5) is 16.7. The Kier molecular flexibility index (Phi) is 4.70. The summed E-state index contributed by atoms with van der Waals surface area (Å²) in [6.45, 7) is 8.48. The second kappa shape index (κ2) is 6.93. The molecule has 3 aromatic rings. The van der Waals surface area contributed by atoms with E-state index in [-0.39, 0.29) is 11.9 Å². The Labute approximate surface area is 147 Å². The highest BCUT2D eigenvalue weighted by Gasteiger charge is 2.17. The molecule has 6 nitrogen and oxygen atoms in total. The van der Waals surface area contributed by atoms with Gasteiger partial charge in [-0.1, -0.05) is 12.1 Å². The minimum atomic E-state index is -0.359. The van der Waals surface area contributed by atoms with Crippen molar-refractivity contribution in [2.75, 3.05) is 5.32 Å². The van der Waals surface area contributed by atoms with Crippen molar-refractivity contribution < 1.29 is 4.79 Å². The average molecular weight is 337 g/mol. The third kappa shape index (κ3) is 3.79. The van der Waals surface area contributed by atoms with Crippen LogP contribution in [0.4, 0.5) is 5.69 Å². The predicted octanol–water partition coefficient (Wildman–Crippen LogP) is 3.25.